The third kappa shape index (κ3) is 5.48. The molecule has 0 aliphatic heterocycles. The van der Waals surface area contributed by atoms with Crippen LogP contribution in [0.3, 0.4) is 0 Å². The van der Waals surface area contributed by atoms with Gasteiger partial charge in [-0.05, 0) is 42.5 Å². The lowest BCUT2D eigenvalue weighted by atomic mass is 9.97. The summed E-state index contributed by atoms with van der Waals surface area (Å²) in [5.74, 6) is 6.12. The second-order valence-electron chi connectivity index (χ2n) is 7.44. The van der Waals surface area contributed by atoms with Crippen molar-refractivity contribution in [1.82, 2.24) is 0 Å². The van der Waals surface area contributed by atoms with Gasteiger partial charge in [-0.2, -0.15) is 0 Å². The lowest BCUT2D eigenvalue weighted by molar-refractivity contribution is -0.121. The molecule has 0 aromatic heterocycles. The maximum absolute atomic E-state index is 12.4. The number of aryl methyl sites for hydroxylation is 2. The molecule has 2 aromatic carbocycles. The number of rotatable bonds is 3. The van der Waals surface area contributed by atoms with Crippen LogP contribution in [0.5, 0.6) is 23.0 Å². The second kappa shape index (κ2) is 10.2. The Morgan fingerprint density at radius 3 is 2.68 bits per heavy atom. The van der Waals surface area contributed by atoms with E-state index in [9.17, 15) is 20.1 Å². The van der Waals surface area contributed by atoms with Gasteiger partial charge in [-0.3, -0.25) is 4.79 Å². The standard InChI is InChI=1S/C24H26O7/c1-30-24-20-4-2-3-17-11-15(12-22(23(17)29)31-14-25)5-8-18(26)13-19(27)9-6-16(20)7-10-21(24)28/h7,10-12,18,25-26,28-29H,3,5-6,8-9,13-14H2,1H3/t18-/m1/s1. The predicted molar refractivity (Wildman–Crippen MR) is 113 cm³/mol. The summed E-state index contributed by atoms with van der Waals surface area (Å²) in [7, 11) is 1.43. The first kappa shape index (κ1) is 22.5. The second-order valence-corrected chi connectivity index (χ2v) is 7.44. The molecule has 0 spiro atoms. The molecule has 7 heteroatoms. The number of aliphatic hydroxyl groups is 2. The van der Waals surface area contributed by atoms with E-state index in [-0.39, 0.29) is 48.0 Å². The Hall–Kier alpha value is -3.21. The van der Waals surface area contributed by atoms with Crippen molar-refractivity contribution in [2.75, 3.05) is 13.9 Å². The van der Waals surface area contributed by atoms with Gasteiger partial charge in [-0.1, -0.05) is 24.0 Å². The van der Waals surface area contributed by atoms with Crippen molar-refractivity contribution in [3.63, 3.8) is 0 Å². The fraction of sp³-hybridized carbons (Fsp3) is 0.375. The maximum atomic E-state index is 12.4. The summed E-state index contributed by atoms with van der Waals surface area (Å²) in [6.07, 6.45) is 0.921. The van der Waals surface area contributed by atoms with E-state index in [1.165, 1.54) is 13.2 Å². The first-order chi connectivity index (χ1) is 14.9. The topological polar surface area (TPSA) is 116 Å². The number of Topliss-reactive ketones (excluding diaryl/α,β-unsaturated/α-hetero) is 1. The average Bonchev–Trinajstić information content (AvgIpc) is 2.74. The molecule has 0 saturated heterocycles. The van der Waals surface area contributed by atoms with Crippen LogP contribution in [0.1, 0.15) is 41.5 Å². The number of phenols is 2. The fourth-order valence-corrected chi connectivity index (χ4v) is 3.65. The van der Waals surface area contributed by atoms with Gasteiger partial charge < -0.3 is 29.9 Å². The highest BCUT2D eigenvalue weighted by Crippen LogP contribution is 2.34. The van der Waals surface area contributed by atoms with Gasteiger partial charge in [-0.25, -0.2) is 0 Å². The number of benzene rings is 2. The van der Waals surface area contributed by atoms with Gasteiger partial charge in [-0.15, -0.1) is 0 Å². The highest BCUT2D eigenvalue weighted by molar-refractivity contribution is 5.79. The van der Waals surface area contributed by atoms with Crippen LogP contribution < -0.4 is 9.47 Å². The number of methoxy groups -OCH3 is 1. The lowest BCUT2D eigenvalue weighted by Gasteiger charge is -2.13. The monoisotopic (exact) mass is 426 g/mol. The van der Waals surface area contributed by atoms with Crippen LogP contribution in [-0.2, 0) is 24.1 Å². The molecule has 0 saturated carbocycles. The van der Waals surface area contributed by atoms with Gasteiger partial charge in [0.05, 0.1) is 18.8 Å². The van der Waals surface area contributed by atoms with E-state index in [1.54, 1.807) is 18.2 Å². The molecule has 0 fully saturated rings. The highest BCUT2D eigenvalue weighted by atomic mass is 16.6. The number of fused-ring (bicyclic) bond motifs is 3. The lowest BCUT2D eigenvalue weighted by Crippen LogP contribution is -2.15. The van der Waals surface area contributed by atoms with Gasteiger partial charge in [0.15, 0.2) is 29.8 Å². The molecule has 0 unspecified atom stereocenters. The SMILES string of the molecule is COc1c(O)ccc2c1C#CCc1cc(cc(OCO)c1O)CC[C@@H](O)CC(=O)CC2. The first-order valence-corrected chi connectivity index (χ1v) is 10.1. The molecule has 2 bridgehead atoms. The third-order valence-electron chi connectivity index (χ3n) is 5.26. The fourth-order valence-electron chi connectivity index (χ4n) is 3.65. The smallest absolute Gasteiger partial charge is 0.186 e. The number of aliphatic hydroxyl groups excluding tert-OH is 2. The Bertz CT molecular complexity index is 1020. The summed E-state index contributed by atoms with van der Waals surface area (Å²) in [5.41, 5.74) is 2.53. The molecule has 1 aliphatic rings. The van der Waals surface area contributed by atoms with Crippen LogP contribution in [0.4, 0.5) is 0 Å². The van der Waals surface area contributed by atoms with E-state index in [2.05, 4.69) is 11.8 Å². The number of hydrogen-bond donors (Lipinski definition) is 4. The molecule has 2 aromatic rings. The van der Waals surface area contributed by atoms with Crippen molar-refractivity contribution >= 4 is 5.78 Å². The summed E-state index contributed by atoms with van der Waals surface area (Å²) in [5, 5.41) is 40.0. The molecule has 164 valence electrons. The molecule has 3 rings (SSSR count). The van der Waals surface area contributed by atoms with E-state index in [4.69, 9.17) is 14.6 Å². The molecule has 1 atom stereocenters. The molecule has 0 radical (unpaired) electrons. The molecule has 1 aliphatic carbocycles. The van der Waals surface area contributed by atoms with E-state index in [0.29, 0.717) is 30.4 Å². The summed E-state index contributed by atoms with van der Waals surface area (Å²) in [6.45, 7) is -0.594. The summed E-state index contributed by atoms with van der Waals surface area (Å²) >= 11 is 0. The third-order valence-corrected chi connectivity index (χ3v) is 5.26. The Labute approximate surface area is 180 Å². The Kier molecular flexibility index (Phi) is 7.40. The summed E-state index contributed by atoms with van der Waals surface area (Å²) in [4.78, 5) is 12.4. The minimum atomic E-state index is -0.790. The zero-order chi connectivity index (χ0) is 22.4. The van der Waals surface area contributed by atoms with E-state index >= 15 is 0 Å². The first-order valence-electron chi connectivity index (χ1n) is 10.1. The molecular formula is C24H26O7. The molecule has 0 heterocycles. The summed E-state index contributed by atoms with van der Waals surface area (Å²) in [6, 6.07) is 6.57. The van der Waals surface area contributed by atoms with Crippen molar-refractivity contribution in [3.05, 3.63) is 46.5 Å². The van der Waals surface area contributed by atoms with Crippen molar-refractivity contribution in [2.24, 2.45) is 0 Å². The van der Waals surface area contributed by atoms with E-state index in [0.717, 1.165) is 11.1 Å². The normalized spacial score (nSPS) is 16.9. The minimum Gasteiger partial charge on any atom is -0.504 e. The molecule has 7 nitrogen and oxygen atoms in total. The number of ketones is 1. The van der Waals surface area contributed by atoms with Gasteiger partial charge in [0.25, 0.3) is 0 Å². The van der Waals surface area contributed by atoms with Gasteiger partial charge in [0.2, 0.25) is 0 Å². The van der Waals surface area contributed by atoms with Crippen molar-refractivity contribution in [1.29, 1.82) is 0 Å². The molecule has 4 N–H and O–H groups in total. The Morgan fingerprint density at radius 1 is 1.13 bits per heavy atom. The van der Waals surface area contributed by atoms with Crippen LogP contribution in [0.25, 0.3) is 0 Å². The van der Waals surface area contributed by atoms with Crippen LogP contribution in [0.15, 0.2) is 24.3 Å². The summed E-state index contributed by atoms with van der Waals surface area (Å²) < 4.78 is 10.4. The minimum absolute atomic E-state index is 0.0428. The van der Waals surface area contributed by atoms with Crippen LogP contribution in [-0.4, -0.2) is 46.2 Å². The van der Waals surface area contributed by atoms with Gasteiger partial charge in [0.1, 0.15) is 5.78 Å². The number of phenolic OH excluding ortho intramolecular Hbond substituents is 2. The van der Waals surface area contributed by atoms with Crippen LogP contribution >= 0.6 is 0 Å². The Morgan fingerprint density at radius 2 is 1.94 bits per heavy atom. The van der Waals surface area contributed by atoms with Crippen molar-refractivity contribution in [2.45, 2.75) is 44.6 Å². The maximum Gasteiger partial charge on any atom is 0.186 e. The van der Waals surface area contributed by atoms with Gasteiger partial charge >= 0.3 is 0 Å². The molecular weight excluding hydrogens is 400 g/mol. The van der Waals surface area contributed by atoms with E-state index in [1.807, 2.05) is 0 Å². The number of ether oxygens (including phenoxy) is 2. The van der Waals surface area contributed by atoms with Crippen LogP contribution in [0, 0.1) is 11.8 Å². The quantitative estimate of drug-likeness (QED) is 0.439. The number of carbonyl (C=O) groups excluding carboxylic acids is 1. The number of hydrogen-bond acceptors (Lipinski definition) is 7. The van der Waals surface area contributed by atoms with E-state index < -0.39 is 12.9 Å². The number of aromatic hydroxyl groups is 2. The zero-order valence-corrected chi connectivity index (χ0v) is 17.4. The van der Waals surface area contributed by atoms with Crippen molar-refractivity contribution < 1.29 is 34.7 Å². The molecule has 0 amide bonds. The predicted octanol–water partition coefficient (Wildman–Crippen LogP) is 2.23. The van der Waals surface area contributed by atoms with Crippen LogP contribution in [0.2, 0.25) is 0 Å². The van der Waals surface area contributed by atoms with Gasteiger partial charge in [0, 0.05) is 24.8 Å². The average molecular weight is 426 g/mol. The van der Waals surface area contributed by atoms with Crippen molar-refractivity contribution in [3.8, 4) is 34.8 Å². The Balaban J connectivity index is 2.07. The largest absolute Gasteiger partial charge is 0.504 e. The molecule has 31 heavy (non-hydrogen) atoms. The zero-order valence-electron chi connectivity index (χ0n) is 17.4. The number of carbonyl (C=O) groups is 1. The highest BCUT2D eigenvalue weighted by Gasteiger charge is 2.17.